The molecule has 0 aliphatic rings. The van der Waals surface area contributed by atoms with Crippen molar-refractivity contribution in [1.82, 2.24) is 5.32 Å². The zero-order valence-corrected chi connectivity index (χ0v) is 11.5. The van der Waals surface area contributed by atoms with E-state index in [4.69, 9.17) is 9.52 Å². The molecule has 0 unspecified atom stereocenters. The number of hydrogen-bond acceptors (Lipinski definition) is 3. The highest BCUT2D eigenvalue weighted by atomic mass is 16.4. The molecule has 0 aliphatic heterocycles. The fourth-order valence-electron chi connectivity index (χ4n) is 2.05. The summed E-state index contributed by atoms with van der Waals surface area (Å²) in [6, 6.07) is 6.34. The highest BCUT2D eigenvalue weighted by molar-refractivity contribution is 5.98. The average molecular weight is 275 g/mol. The molecule has 20 heavy (non-hydrogen) atoms. The van der Waals surface area contributed by atoms with Gasteiger partial charge >= 0.3 is 5.97 Å². The molecule has 0 fully saturated rings. The number of carboxylic acids is 1. The van der Waals surface area contributed by atoms with Crippen LogP contribution in [0.25, 0.3) is 11.0 Å². The minimum atomic E-state index is -1.04. The van der Waals surface area contributed by atoms with E-state index < -0.39 is 17.9 Å². The van der Waals surface area contributed by atoms with Crippen LogP contribution in [0, 0.1) is 6.92 Å². The number of benzene rings is 1. The lowest BCUT2D eigenvalue weighted by atomic mass is 10.1. The van der Waals surface area contributed by atoms with E-state index in [-0.39, 0.29) is 5.76 Å². The number of aryl methyl sites for hydroxylation is 1. The number of carboxylic acid groups (broad SMARTS) is 1. The van der Waals surface area contributed by atoms with Gasteiger partial charge in [-0.1, -0.05) is 25.0 Å². The van der Waals surface area contributed by atoms with Crippen LogP contribution in [-0.2, 0) is 4.79 Å². The van der Waals surface area contributed by atoms with Crippen LogP contribution in [0.15, 0.2) is 28.7 Å². The number of furan rings is 1. The van der Waals surface area contributed by atoms with Crippen molar-refractivity contribution >= 4 is 22.8 Å². The Morgan fingerprint density at radius 2 is 2.10 bits per heavy atom. The molecule has 5 nitrogen and oxygen atoms in total. The Balaban J connectivity index is 2.20. The summed E-state index contributed by atoms with van der Waals surface area (Å²) in [6.45, 7) is 3.82. The second kappa shape index (κ2) is 5.77. The lowest BCUT2D eigenvalue weighted by Crippen LogP contribution is -2.40. The van der Waals surface area contributed by atoms with E-state index in [1.165, 1.54) is 0 Å². The maximum absolute atomic E-state index is 12.0. The first-order chi connectivity index (χ1) is 9.51. The van der Waals surface area contributed by atoms with Crippen LogP contribution in [-0.4, -0.2) is 23.0 Å². The molecule has 0 bridgehead atoms. The molecule has 1 amide bonds. The molecule has 0 radical (unpaired) electrons. The third kappa shape index (κ3) is 2.99. The van der Waals surface area contributed by atoms with Crippen molar-refractivity contribution in [3.8, 4) is 0 Å². The van der Waals surface area contributed by atoms with Crippen molar-refractivity contribution in [2.24, 2.45) is 0 Å². The smallest absolute Gasteiger partial charge is 0.326 e. The van der Waals surface area contributed by atoms with Gasteiger partial charge in [-0.05, 0) is 31.5 Å². The Bertz CT molecular complexity index is 644. The van der Waals surface area contributed by atoms with Crippen molar-refractivity contribution in [2.75, 3.05) is 0 Å². The summed E-state index contributed by atoms with van der Waals surface area (Å²) in [6.07, 6.45) is 1.07. The maximum Gasteiger partial charge on any atom is 0.326 e. The van der Waals surface area contributed by atoms with Gasteiger partial charge < -0.3 is 14.8 Å². The molecule has 106 valence electrons. The van der Waals surface area contributed by atoms with Crippen molar-refractivity contribution < 1.29 is 19.1 Å². The Kier molecular flexibility index (Phi) is 4.08. The molecule has 0 spiro atoms. The predicted octanol–water partition coefficient (Wildman–Crippen LogP) is 2.72. The lowest BCUT2D eigenvalue weighted by molar-refractivity contribution is -0.139. The number of rotatable bonds is 5. The summed E-state index contributed by atoms with van der Waals surface area (Å²) in [5.74, 6) is -1.40. The van der Waals surface area contributed by atoms with Crippen LogP contribution in [0.3, 0.4) is 0 Å². The first kappa shape index (κ1) is 14.1. The van der Waals surface area contributed by atoms with E-state index >= 15 is 0 Å². The molecular weight excluding hydrogens is 258 g/mol. The number of amides is 1. The maximum atomic E-state index is 12.0. The van der Waals surface area contributed by atoms with Gasteiger partial charge in [0.2, 0.25) is 0 Å². The topological polar surface area (TPSA) is 79.5 Å². The fourth-order valence-corrected chi connectivity index (χ4v) is 2.05. The van der Waals surface area contributed by atoms with E-state index in [0.29, 0.717) is 18.4 Å². The SMILES string of the molecule is CCC[C@@H](NC(=O)c1cc2cc(C)ccc2o1)C(=O)O. The van der Waals surface area contributed by atoms with Crippen LogP contribution in [0.2, 0.25) is 0 Å². The normalized spacial score (nSPS) is 12.3. The molecule has 1 aromatic heterocycles. The molecule has 0 saturated heterocycles. The van der Waals surface area contributed by atoms with Crippen molar-refractivity contribution in [3.63, 3.8) is 0 Å². The zero-order chi connectivity index (χ0) is 14.7. The zero-order valence-electron chi connectivity index (χ0n) is 11.5. The molecule has 0 aliphatic carbocycles. The second-order valence-electron chi connectivity index (χ2n) is 4.80. The third-order valence-corrected chi connectivity index (χ3v) is 3.08. The van der Waals surface area contributed by atoms with Gasteiger partial charge in [-0.2, -0.15) is 0 Å². The third-order valence-electron chi connectivity index (χ3n) is 3.08. The summed E-state index contributed by atoms with van der Waals surface area (Å²) >= 11 is 0. The molecule has 5 heteroatoms. The first-order valence-electron chi connectivity index (χ1n) is 6.55. The average Bonchev–Trinajstić information content (AvgIpc) is 2.80. The van der Waals surface area contributed by atoms with Crippen molar-refractivity contribution in [1.29, 1.82) is 0 Å². The van der Waals surface area contributed by atoms with E-state index in [9.17, 15) is 9.59 Å². The fraction of sp³-hybridized carbons (Fsp3) is 0.333. The summed E-state index contributed by atoms with van der Waals surface area (Å²) in [5, 5.41) is 12.3. The van der Waals surface area contributed by atoms with Gasteiger partial charge in [0.1, 0.15) is 11.6 Å². The van der Waals surface area contributed by atoms with Gasteiger partial charge in [-0.25, -0.2) is 4.79 Å². The van der Waals surface area contributed by atoms with Crippen LogP contribution >= 0.6 is 0 Å². The number of aliphatic carboxylic acids is 1. The monoisotopic (exact) mass is 275 g/mol. The largest absolute Gasteiger partial charge is 0.480 e. The Hall–Kier alpha value is -2.30. The minimum absolute atomic E-state index is 0.132. The molecular formula is C15H17NO4. The van der Waals surface area contributed by atoms with Gasteiger partial charge in [0.25, 0.3) is 5.91 Å². The van der Waals surface area contributed by atoms with Gasteiger partial charge in [-0.15, -0.1) is 0 Å². The quantitative estimate of drug-likeness (QED) is 0.879. The molecule has 0 saturated carbocycles. The van der Waals surface area contributed by atoms with Crippen molar-refractivity contribution in [2.45, 2.75) is 32.7 Å². The van der Waals surface area contributed by atoms with E-state index in [0.717, 1.165) is 10.9 Å². The van der Waals surface area contributed by atoms with Crippen molar-refractivity contribution in [3.05, 3.63) is 35.6 Å². The highest BCUT2D eigenvalue weighted by Gasteiger charge is 2.21. The van der Waals surface area contributed by atoms with Gasteiger partial charge in [0.15, 0.2) is 5.76 Å². The Labute approximate surface area is 116 Å². The van der Waals surface area contributed by atoms with Crippen LogP contribution in [0.5, 0.6) is 0 Å². The summed E-state index contributed by atoms with van der Waals surface area (Å²) in [5.41, 5.74) is 1.68. The highest BCUT2D eigenvalue weighted by Crippen LogP contribution is 2.20. The van der Waals surface area contributed by atoms with Gasteiger partial charge in [-0.3, -0.25) is 4.79 Å². The first-order valence-corrected chi connectivity index (χ1v) is 6.55. The van der Waals surface area contributed by atoms with Gasteiger partial charge in [0, 0.05) is 5.39 Å². The summed E-state index contributed by atoms with van der Waals surface area (Å²) in [7, 11) is 0. The van der Waals surface area contributed by atoms with E-state index in [1.54, 1.807) is 12.1 Å². The molecule has 2 N–H and O–H groups in total. The van der Waals surface area contributed by atoms with E-state index in [2.05, 4.69) is 5.32 Å². The molecule has 1 atom stereocenters. The number of nitrogens with one attached hydrogen (secondary N) is 1. The summed E-state index contributed by atoms with van der Waals surface area (Å²) in [4.78, 5) is 23.0. The van der Waals surface area contributed by atoms with Crippen LogP contribution in [0.1, 0.15) is 35.9 Å². The number of hydrogen-bond donors (Lipinski definition) is 2. The predicted molar refractivity (Wildman–Crippen MR) is 74.7 cm³/mol. The number of carbonyl (C=O) groups is 2. The lowest BCUT2D eigenvalue weighted by Gasteiger charge is -2.11. The summed E-state index contributed by atoms with van der Waals surface area (Å²) < 4.78 is 5.44. The standard InChI is InChI=1S/C15H17NO4/c1-3-4-11(15(18)19)16-14(17)13-8-10-7-9(2)5-6-12(10)20-13/h5-8,11H,3-4H2,1-2H3,(H,16,17)(H,18,19)/t11-/m1/s1. The molecule has 1 aromatic carbocycles. The second-order valence-corrected chi connectivity index (χ2v) is 4.80. The molecule has 2 rings (SSSR count). The number of fused-ring (bicyclic) bond motifs is 1. The van der Waals surface area contributed by atoms with Crippen LogP contribution < -0.4 is 5.32 Å². The molecule has 2 aromatic rings. The minimum Gasteiger partial charge on any atom is -0.480 e. The number of carbonyl (C=O) groups excluding carboxylic acids is 1. The molecule has 1 heterocycles. The Morgan fingerprint density at radius 1 is 1.35 bits per heavy atom. The Morgan fingerprint density at radius 3 is 2.75 bits per heavy atom. The van der Waals surface area contributed by atoms with Crippen LogP contribution in [0.4, 0.5) is 0 Å². The van der Waals surface area contributed by atoms with E-state index in [1.807, 2.05) is 26.0 Å². The van der Waals surface area contributed by atoms with Gasteiger partial charge in [0.05, 0.1) is 0 Å².